The van der Waals surface area contributed by atoms with Gasteiger partial charge in [-0.1, -0.05) is 15.9 Å². The molecule has 2 rings (SSSR count). The number of fused-ring (bicyclic) bond motifs is 1. The van der Waals surface area contributed by atoms with E-state index >= 15 is 0 Å². The molecule has 0 saturated heterocycles. The topological polar surface area (TPSA) is 41.0 Å². The molecule has 2 aromatic rings. The molecule has 0 bridgehead atoms. The molecular formula is C13H17BrN4. The molecule has 18 heavy (non-hydrogen) atoms. The summed E-state index contributed by atoms with van der Waals surface area (Å²) in [5.41, 5.74) is 0.961. The first-order chi connectivity index (χ1) is 8.66. The summed E-state index contributed by atoms with van der Waals surface area (Å²) in [6.07, 6.45) is 2.69. The molecule has 1 heterocycles. The maximum absolute atomic E-state index is 4.31. The maximum Gasteiger partial charge on any atom is 0.137 e. The summed E-state index contributed by atoms with van der Waals surface area (Å²) in [5, 5.41) is 4.42. The van der Waals surface area contributed by atoms with Crippen LogP contribution in [0.4, 0.5) is 5.82 Å². The van der Waals surface area contributed by atoms with E-state index in [-0.39, 0.29) is 0 Å². The molecule has 0 atom stereocenters. The monoisotopic (exact) mass is 308 g/mol. The Bertz CT molecular complexity index is 527. The zero-order chi connectivity index (χ0) is 13.0. The summed E-state index contributed by atoms with van der Waals surface area (Å²) < 4.78 is 1.04. The average molecular weight is 309 g/mol. The molecule has 4 nitrogen and oxygen atoms in total. The fourth-order valence-electron chi connectivity index (χ4n) is 1.77. The summed E-state index contributed by atoms with van der Waals surface area (Å²) >= 11 is 3.48. The molecule has 0 aliphatic rings. The van der Waals surface area contributed by atoms with Gasteiger partial charge in [0.05, 0.1) is 5.52 Å². The van der Waals surface area contributed by atoms with Crippen molar-refractivity contribution in [2.75, 3.05) is 32.5 Å². The molecule has 1 aromatic carbocycles. The summed E-state index contributed by atoms with van der Waals surface area (Å²) in [7, 11) is 4.16. The summed E-state index contributed by atoms with van der Waals surface area (Å²) in [4.78, 5) is 10.7. The molecule has 0 spiro atoms. The van der Waals surface area contributed by atoms with Crippen LogP contribution < -0.4 is 5.32 Å². The van der Waals surface area contributed by atoms with Crippen LogP contribution in [0.1, 0.15) is 6.42 Å². The minimum atomic E-state index is 0.903. The van der Waals surface area contributed by atoms with Crippen molar-refractivity contribution in [3.8, 4) is 0 Å². The largest absolute Gasteiger partial charge is 0.369 e. The van der Waals surface area contributed by atoms with Gasteiger partial charge >= 0.3 is 0 Å². The second-order valence-electron chi connectivity index (χ2n) is 4.47. The molecule has 0 radical (unpaired) electrons. The van der Waals surface area contributed by atoms with Crippen molar-refractivity contribution in [3.63, 3.8) is 0 Å². The van der Waals surface area contributed by atoms with Crippen LogP contribution in [0.5, 0.6) is 0 Å². The number of nitrogens with one attached hydrogen (secondary N) is 1. The van der Waals surface area contributed by atoms with E-state index in [1.807, 2.05) is 18.2 Å². The summed E-state index contributed by atoms with van der Waals surface area (Å²) in [6.45, 7) is 1.98. The van der Waals surface area contributed by atoms with E-state index in [1.54, 1.807) is 6.33 Å². The van der Waals surface area contributed by atoms with Crippen LogP contribution in [0.25, 0.3) is 10.9 Å². The zero-order valence-electron chi connectivity index (χ0n) is 10.7. The highest BCUT2D eigenvalue weighted by molar-refractivity contribution is 9.10. The van der Waals surface area contributed by atoms with Crippen LogP contribution in [0, 0.1) is 0 Å². The Kier molecular flexibility index (Phi) is 4.49. The number of hydrogen-bond acceptors (Lipinski definition) is 4. The molecule has 0 saturated carbocycles. The van der Waals surface area contributed by atoms with Crippen LogP contribution in [0.3, 0.4) is 0 Å². The van der Waals surface area contributed by atoms with Gasteiger partial charge in [-0.2, -0.15) is 0 Å². The van der Waals surface area contributed by atoms with Gasteiger partial charge in [0.1, 0.15) is 12.1 Å². The third-order valence-corrected chi connectivity index (χ3v) is 3.17. The minimum absolute atomic E-state index is 0.903. The van der Waals surface area contributed by atoms with E-state index < -0.39 is 0 Å². The van der Waals surface area contributed by atoms with Gasteiger partial charge in [0.2, 0.25) is 0 Å². The molecule has 0 aliphatic carbocycles. The van der Waals surface area contributed by atoms with Crippen molar-refractivity contribution in [2.24, 2.45) is 0 Å². The molecule has 0 unspecified atom stereocenters. The third-order valence-electron chi connectivity index (χ3n) is 2.67. The van der Waals surface area contributed by atoms with Crippen LogP contribution in [-0.2, 0) is 0 Å². The first kappa shape index (κ1) is 13.2. The third kappa shape index (κ3) is 3.40. The lowest BCUT2D eigenvalue weighted by molar-refractivity contribution is 0.405. The van der Waals surface area contributed by atoms with Crippen LogP contribution in [-0.4, -0.2) is 42.1 Å². The smallest absolute Gasteiger partial charge is 0.137 e. The average Bonchev–Trinajstić information content (AvgIpc) is 2.34. The quantitative estimate of drug-likeness (QED) is 0.862. The van der Waals surface area contributed by atoms with E-state index in [4.69, 9.17) is 0 Å². The Labute approximate surface area is 116 Å². The lowest BCUT2D eigenvalue weighted by Gasteiger charge is -2.11. The van der Waals surface area contributed by atoms with E-state index in [0.717, 1.165) is 40.7 Å². The Hall–Kier alpha value is -1.20. The number of aromatic nitrogens is 2. The second-order valence-corrected chi connectivity index (χ2v) is 5.38. The fraction of sp³-hybridized carbons (Fsp3) is 0.385. The second kappa shape index (κ2) is 6.11. The highest BCUT2D eigenvalue weighted by Gasteiger charge is 2.03. The van der Waals surface area contributed by atoms with Crippen molar-refractivity contribution in [3.05, 3.63) is 29.0 Å². The Morgan fingerprint density at radius 1 is 1.28 bits per heavy atom. The fourth-order valence-corrected chi connectivity index (χ4v) is 2.13. The highest BCUT2D eigenvalue weighted by atomic mass is 79.9. The van der Waals surface area contributed by atoms with Crippen molar-refractivity contribution in [1.29, 1.82) is 0 Å². The van der Waals surface area contributed by atoms with Crippen LogP contribution in [0.15, 0.2) is 29.0 Å². The lowest BCUT2D eigenvalue weighted by atomic mass is 10.2. The van der Waals surface area contributed by atoms with E-state index in [0.29, 0.717) is 0 Å². The number of anilines is 1. The molecule has 0 amide bonds. The van der Waals surface area contributed by atoms with Gasteiger partial charge in [0.25, 0.3) is 0 Å². The lowest BCUT2D eigenvalue weighted by Crippen LogP contribution is -2.16. The Morgan fingerprint density at radius 2 is 2.11 bits per heavy atom. The molecule has 5 heteroatoms. The maximum atomic E-state index is 4.31. The minimum Gasteiger partial charge on any atom is -0.369 e. The summed E-state index contributed by atoms with van der Waals surface area (Å²) in [6, 6.07) is 6.03. The highest BCUT2D eigenvalue weighted by Crippen LogP contribution is 2.23. The Balaban J connectivity index is 2.10. The predicted molar refractivity (Wildman–Crippen MR) is 78.9 cm³/mol. The first-order valence-electron chi connectivity index (χ1n) is 5.95. The molecule has 0 aliphatic heterocycles. The first-order valence-corrected chi connectivity index (χ1v) is 6.75. The van der Waals surface area contributed by atoms with Gasteiger partial charge in [-0.15, -0.1) is 0 Å². The van der Waals surface area contributed by atoms with Crippen LogP contribution in [0.2, 0.25) is 0 Å². The number of nitrogens with zero attached hydrogens (tertiary/aromatic N) is 3. The van der Waals surface area contributed by atoms with Gasteiger partial charge in [-0.3, -0.25) is 0 Å². The van der Waals surface area contributed by atoms with E-state index in [1.165, 1.54) is 0 Å². The standard InChI is InChI=1S/C13H17BrN4/c1-18(2)7-3-6-15-13-11-8-10(14)4-5-12(11)16-9-17-13/h4-5,8-9H,3,6-7H2,1-2H3,(H,15,16,17). The number of halogens is 1. The van der Waals surface area contributed by atoms with Gasteiger partial charge in [0, 0.05) is 16.4 Å². The van der Waals surface area contributed by atoms with Gasteiger partial charge in [0.15, 0.2) is 0 Å². The summed E-state index contributed by atoms with van der Waals surface area (Å²) in [5.74, 6) is 0.903. The Morgan fingerprint density at radius 3 is 2.89 bits per heavy atom. The SMILES string of the molecule is CN(C)CCCNc1ncnc2ccc(Br)cc12. The number of hydrogen-bond donors (Lipinski definition) is 1. The molecule has 0 fully saturated rings. The number of rotatable bonds is 5. The van der Waals surface area contributed by atoms with Crippen molar-refractivity contribution < 1.29 is 0 Å². The van der Waals surface area contributed by atoms with Gasteiger partial charge in [-0.05, 0) is 45.3 Å². The van der Waals surface area contributed by atoms with E-state index in [2.05, 4.69) is 50.2 Å². The normalized spacial score (nSPS) is 11.1. The predicted octanol–water partition coefficient (Wildman–Crippen LogP) is 2.76. The molecular weight excluding hydrogens is 292 g/mol. The van der Waals surface area contributed by atoms with Crippen LogP contribution >= 0.6 is 15.9 Å². The van der Waals surface area contributed by atoms with Gasteiger partial charge in [-0.25, -0.2) is 9.97 Å². The van der Waals surface area contributed by atoms with E-state index in [9.17, 15) is 0 Å². The molecule has 96 valence electrons. The van der Waals surface area contributed by atoms with Gasteiger partial charge < -0.3 is 10.2 Å². The molecule has 1 aromatic heterocycles. The van der Waals surface area contributed by atoms with Crippen molar-refractivity contribution in [2.45, 2.75) is 6.42 Å². The number of benzene rings is 1. The van der Waals surface area contributed by atoms with Crippen molar-refractivity contribution >= 4 is 32.7 Å². The zero-order valence-corrected chi connectivity index (χ0v) is 12.2. The van der Waals surface area contributed by atoms with Crippen molar-refractivity contribution in [1.82, 2.24) is 14.9 Å². The molecule has 1 N–H and O–H groups in total.